The van der Waals surface area contributed by atoms with Crippen molar-refractivity contribution in [1.29, 1.82) is 0 Å². The van der Waals surface area contributed by atoms with Crippen LogP contribution in [0.2, 0.25) is 0 Å². The molecule has 0 bridgehead atoms. The molecule has 0 saturated carbocycles. The lowest BCUT2D eigenvalue weighted by Crippen LogP contribution is -2.45. The van der Waals surface area contributed by atoms with Gasteiger partial charge in [-0.25, -0.2) is 0 Å². The Bertz CT molecular complexity index is 594. The maximum Gasteiger partial charge on any atom is 0.316 e. The molecule has 1 amide bonds. The molecule has 1 fully saturated rings. The first-order chi connectivity index (χ1) is 17.4. The highest BCUT2D eigenvalue weighted by atomic mass is 16.6. The van der Waals surface area contributed by atoms with Crippen molar-refractivity contribution in [2.45, 2.75) is 155 Å². The third kappa shape index (κ3) is 14.2. The van der Waals surface area contributed by atoms with E-state index >= 15 is 0 Å². The van der Waals surface area contributed by atoms with Crippen molar-refractivity contribution < 1.29 is 24.2 Å². The standard InChI is InChI=1S/C30H55NO5/c1-3-5-6-7-8-9-10-11-12-13-14-15-16-17-18-20-24(23-27-25(4-2)30(35)36-27)21-19-22-26(28(31)32)29(33)34/h24-27H,3-23H2,1-2H3,(H2,31,32)(H,33,34)/t24-,25-,26-,27-/m0/s1. The summed E-state index contributed by atoms with van der Waals surface area (Å²) in [6.07, 6.45) is 24.6. The van der Waals surface area contributed by atoms with Crippen molar-refractivity contribution in [3.63, 3.8) is 0 Å². The second-order valence-electron chi connectivity index (χ2n) is 11.1. The lowest BCUT2D eigenvalue weighted by molar-refractivity contribution is -0.187. The highest BCUT2D eigenvalue weighted by molar-refractivity contribution is 5.95. The van der Waals surface area contributed by atoms with Gasteiger partial charge in [0.1, 0.15) is 12.0 Å². The molecule has 0 aromatic rings. The molecular weight excluding hydrogens is 454 g/mol. The predicted octanol–water partition coefficient (Wildman–Crippen LogP) is 7.56. The monoisotopic (exact) mass is 509 g/mol. The Balaban J connectivity index is 2.17. The molecule has 1 rings (SSSR count). The molecule has 1 aliphatic heterocycles. The minimum Gasteiger partial charge on any atom is -0.481 e. The maximum absolute atomic E-state index is 11.7. The minimum atomic E-state index is -1.14. The molecule has 6 heteroatoms. The molecule has 0 aromatic heterocycles. The molecule has 6 nitrogen and oxygen atoms in total. The lowest BCUT2D eigenvalue weighted by Gasteiger charge is -2.37. The second kappa shape index (κ2) is 20.5. The second-order valence-corrected chi connectivity index (χ2v) is 11.1. The molecule has 3 N–H and O–H groups in total. The summed E-state index contributed by atoms with van der Waals surface area (Å²) in [5.41, 5.74) is 5.24. The van der Waals surface area contributed by atoms with Crippen LogP contribution in [-0.2, 0) is 19.1 Å². The molecule has 0 spiro atoms. The Morgan fingerprint density at radius 3 is 1.67 bits per heavy atom. The maximum atomic E-state index is 11.7. The van der Waals surface area contributed by atoms with E-state index in [1.54, 1.807) is 0 Å². The number of amides is 1. The van der Waals surface area contributed by atoms with Crippen LogP contribution in [0.3, 0.4) is 0 Å². The van der Waals surface area contributed by atoms with Gasteiger partial charge in [-0.05, 0) is 25.2 Å². The van der Waals surface area contributed by atoms with Crippen molar-refractivity contribution in [2.24, 2.45) is 23.5 Å². The highest BCUT2D eigenvalue weighted by Gasteiger charge is 2.41. The SMILES string of the molecule is CCCCCCCCCCCCCCCCC[C@@H](CCC[C@@H](C(N)=O)C(=O)O)C[C@@H]1OC(=O)[C@H]1CC. The van der Waals surface area contributed by atoms with E-state index in [0.717, 1.165) is 32.1 Å². The summed E-state index contributed by atoms with van der Waals surface area (Å²) in [6, 6.07) is 0. The van der Waals surface area contributed by atoms with Crippen LogP contribution in [0.15, 0.2) is 0 Å². The van der Waals surface area contributed by atoms with Gasteiger partial charge < -0.3 is 15.6 Å². The van der Waals surface area contributed by atoms with Crippen molar-refractivity contribution >= 4 is 17.8 Å². The molecular formula is C30H55NO5. The molecule has 210 valence electrons. The van der Waals surface area contributed by atoms with Crippen LogP contribution >= 0.6 is 0 Å². The average Bonchev–Trinajstić information content (AvgIpc) is 2.83. The van der Waals surface area contributed by atoms with Crippen LogP contribution < -0.4 is 5.73 Å². The minimum absolute atomic E-state index is 0.00440. The Kier molecular flexibility index (Phi) is 18.4. The molecule has 0 aliphatic carbocycles. The summed E-state index contributed by atoms with van der Waals surface area (Å²) in [4.78, 5) is 34.3. The first-order valence-electron chi connectivity index (χ1n) is 15.1. The quantitative estimate of drug-likeness (QED) is 0.0750. The van der Waals surface area contributed by atoms with Crippen LogP contribution in [-0.4, -0.2) is 29.1 Å². The number of rotatable bonds is 25. The topological polar surface area (TPSA) is 107 Å². The number of carboxylic acid groups (broad SMARTS) is 1. The first-order valence-corrected chi connectivity index (χ1v) is 15.1. The van der Waals surface area contributed by atoms with E-state index in [2.05, 4.69) is 6.92 Å². The first kappa shape index (κ1) is 32.4. The van der Waals surface area contributed by atoms with Crippen LogP contribution in [0.25, 0.3) is 0 Å². The Labute approximate surface area is 220 Å². The number of unbranched alkanes of at least 4 members (excludes halogenated alkanes) is 14. The number of esters is 1. The number of cyclic esters (lactones) is 1. The number of nitrogens with two attached hydrogens (primary N) is 1. The smallest absolute Gasteiger partial charge is 0.316 e. The van der Waals surface area contributed by atoms with Gasteiger partial charge in [0.15, 0.2) is 0 Å². The van der Waals surface area contributed by atoms with Gasteiger partial charge >= 0.3 is 11.9 Å². The molecule has 1 aliphatic rings. The summed E-state index contributed by atoms with van der Waals surface area (Å²) in [5, 5.41) is 9.19. The van der Waals surface area contributed by atoms with Gasteiger partial charge in [0.25, 0.3) is 0 Å². The van der Waals surface area contributed by atoms with Gasteiger partial charge in [-0.2, -0.15) is 0 Å². The number of hydrogen-bond acceptors (Lipinski definition) is 4. The van der Waals surface area contributed by atoms with Gasteiger partial charge in [0, 0.05) is 0 Å². The molecule has 36 heavy (non-hydrogen) atoms. The molecule has 0 aromatic carbocycles. The number of ether oxygens (including phenoxy) is 1. The highest BCUT2D eigenvalue weighted by Crippen LogP contribution is 2.34. The van der Waals surface area contributed by atoms with E-state index < -0.39 is 17.8 Å². The van der Waals surface area contributed by atoms with E-state index in [1.807, 2.05) is 6.92 Å². The third-order valence-electron chi connectivity index (χ3n) is 7.99. The van der Waals surface area contributed by atoms with Crippen molar-refractivity contribution in [2.75, 3.05) is 0 Å². The van der Waals surface area contributed by atoms with E-state index in [0.29, 0.717) is 12.3 Å². The molecule has 0 radical (unpaired) electrons. The fraction of sp³-hybridized carbons (Fsp3) is 0.900. The van der Waals surface area contributed by atoms with Crippen molar-refractivity contribution in [1.82, 2.24) is 0 Å². The number of carbonyl (C=O) groups is 3. The zero-order chi connectivity index (χ0) is 26.6. The van der Waals surface area contributed by atoms with Gasteiger partial charge in [-0.15, -0.1) is 0 Å². The van der Waals surface area contributed by atoms with Gasteiger partial charge in [0.2, 0.25) is 5.91 Å². The van der Waals surface area contributed by atoms with E-state index in [-0.39, 0.29) is 24.4 Å². The van der Waals surface area contributed by atoms with Crippen molar-refractivity contribution in [3.8, 4) is 0 Å². The van der Waals surface area contributed by atoms with E-state index in [9.17, 15) is 19.5 Å². The Morgan fingerprint density at radius 1 is 0.778 bits per heavy atom. The third-order valence-corrected chi connectivity index (χ3v) is 7.99. The zero-order valence-electron chi connectivity index (χ0n) is 23.3. The number of carboxylic acids is 1. The molecule has 1 saturated heterocycles. The van der Waals surface area contributed by atoms with Gasteiger partial charge in [-0.1, -0.05) is 129 Å². The Morgan fingerprint density at radius 2 is 1.25 bits per heavy atom. The van der Waals surface area contributed by atoms with Crippen LogP contribution in [0.1, 0.15) is 149 Å². The number of hydrogen-bond donors (Lipinski definition) is 2. The van der Waals surface area contributed by atoms with Crippen LogP contribution in [0.5, 0.6) is 0 Å². The normalized spacial score (nSPS) is 18.9. The molecule has 1 heterocycles. The number of carbonyl (C=O) groups excluding carboxylic acids is 2. The van der Waals surface area contributed by atoms with E-state index in [4.69, 9.17) is 10.5 Å². The lowest BCUT2D eigenvalue weighted by atomic mass is 9.82. The Hall–Kier alpha value is -1.59. The summed E-state index contributed by atoms with van der Waals surface area (Å²) in [7, 11) is 0. The summed E-state index contributed by atoms with van der Waals surface area (Å²) in [6.45, 7) is 4.29. The molecule has 4 atom stereocenters. The largest absolute Gasteiger partial charge is 0.481 e. The fourth-order valence-electron chi connectivity index (χ4n) is 5.55. The predicted molar refractivity (Wildman–Crippen MR) is 145 cm³/mol. The van der Waals surface area contributed by atoms with Gasteiger partial charge in [0.05, 0.1) is 5.92 Å². The van der Waals surface area contributed by atoms with Crippen LogP contribution in [0.4, 0.5) is 0 Å². The summed E-state index contributed by atoms with van der Waals surface area (Å²) in [5.74, 6) is -2.71. The molecule has 0 unspecified atom stereocenters. The average molecular weight is 510 g/mol. The summed E-state index contributed by atoms with van der Waals surface area (Å²) >= 11 is 0. The number of primary amides is 1. The fourth-order valence-corrected chi connectivity index (χ4v) is 5.55. The van der Waals surface area contributed by atoms with Gasteiger partial charge in [-0.3, -0.25) is 14.4 Å². The number of aliphatic carboxylic acids is 1. The van der Waals surface area contributed by atoms with Crippen molar-refractivity contribution in [3.05, 3.63) is 0 Å². The van der Waals surface area contributed by atoms with E-state index in [1.165, 1.54) is 89.9 Å². The van der Waals surface area contributed by atoms with Crippen LogP contribution in [0, 0.1) is 17.8 Å². The zero-order valence-corrected chi connectivity index (χ0v) is 23.3. The summed E-state index contributed by atoms with van der Waals surface area (Å²) < 4.78 is 5.40.